The van der Waals surface area contributed by atoms with Crippen molar-refractivity contribution in [1.29, 1.82) is 0 Å². The lowest BCUT2D eigenvalue weighted by Gasteiger charge is -2.27. The van der Waals surface area contributed by atoms with Crippen molar-refractivity contribution < 1.29 is 22.8 Å². The van der Waals surface area contributed by atoms with E-state index in [9.17, 15) is 22.8 Å². The standard InChI is InChI=1S/C25H25N3O5S2/c1-16-6-8-17(9-7-16)35(32,33)27-14-13-26-22(29)12-15-28-24(30)19-5-3-4-18-21(34-2)11-10-20(23(18)19)25(28)31/h3-11,27H,12-15H2,1-2H3,(H,26,29). The molecule has 3 aromatic rings. The molecule has 0 unspecified atom stereocenters. The van der Waals surface area contributed by atoms with E-state index < -0.39 is 21.8 Å². The third-order valence-electron chi connectivity index (χ3n) is 5.80. The Hall–Kier alpha value is -3.21. The zero-order valence-corrected chi connectivity index (χ0v) is 21.0. The Morgan fingerprint density at radius 1 is 0.943 bits per heavy atom. The van der Waals surface area contributed by atoms with Crippen molar-refractivity contribution in [3.63, 3.8) is 0 Å². The van der Waals surface area contributed by atoms with Gasteiger partial charge in [-0.1, -0.05) is 29.8 Å². The molecule has 1 aliphatic heterocycles. The van der Waals surface area contributed by atoms with Crippen LogP contribution in [0, 0.1) is 6.92 Å². The van der Waals surface area contributed by atoms with Gasteiger partial charge in [-0.3, -0.25) is 19.3 Å². The van der Waals surface area contributed by atoms with E-state index in [0.29, 0.717) is 16.5 Å². The third kappa shape index (κ3) is 5.09. The molecule has 0 aromatic heterocycles. The van der Waals surface area contributed by atoms with Gasteiger partial charge in [0.15, 0.2) is 0 Å². The van der Waals surface area contributed by atoms with Gasteiger partial charge in [-0.25, -0.2) is 13.1 Å². The Kier molecular flexibility index (Phi) is 7.25. The Labute approximate surface area is 208 Å². The molecule has 0 aliphatic carbocycles. The SMILES string of the molecule is CSc1ccc2c3c(cccc13)C(=O)N(CCC(=O)NCCNS(=O)(=O)c1ccc(C)cc1)C2=O. The van der Waals surface area contributed by atoms with E-state index in [4.69, 9.17) is 0 Å². The van der Waals surface area contributed by atoms with Gasteiger partial charge in [0.1, 0.15) is 0 Å². The zero-order chi connectivity index (χ0) is 25.2. The van der Waals surface area contributed by atoms with Crippen LogP contribution < -0.4 is 10.0 Å². The van der Waals surface area contributed by atoms with Gasteiger partial charge in [-0.2, -0.15) is 0 Å². The van der Waals surface area contributed by atoms with E-state index in [1.165, 1.54) is 12.1 Å². The molecule has 0 atom stereocenters. The summed E-state index contributed by atoms with van der Waals surface area (Å²) in [6.45, 7) is 1.88. The van der Waals surface area contributed by atoms with Gasteiger partial charge >= 0.3 is 0 Å². The van der Waals surface area contributed by atoms with Gasteiger partial charge in [0.2, 0.25) is 15.9 Å². The fourth-order valence-electron chi connectivity index (χ4n) is 3.99. The second kappa shape index (κ2) is 10.2. The minimum Gasteiger partial charge on any atom is -0.355 e. The number of nitrogens with one attached hydrogen (secondary N) is 2. The topological polar surface area (TPSA) is 113 Å². The first-order chi connectivity index (χ1) is 16.7. The number of aryl methyl sites for hydroxylation is 1. The Balaban J connectivity index is 1.33. The van der Waals surface area contributed by atoms with Gasteiger partial charge in [-0.15, -0.1) is 11.8 Å². The Morgan fingerprint density at radius 3 is 2.31 bits per heavy atom. The van der Waals surface area contributed by atoms with Crippen LogP contribution in [0.1, 0.15) is 32.7 Å². The fourth-order valence-corrected chi connectivity index (χ4v) is 5.62. The summed E-state index contributed by atoms with van der Waals surface area (Å²) in [4.78, 5) is 40.6. The molecule has 1 heterocycles. The Bertz CT molecular complexity index is 1400. The molecule has 3 aromatic carbocycles. The van der Waals surface area contributed by atoms with Crippen molar-refractivity contribution in [2.45, 2.75) is 23.1 Å². The summed E-state index contributed by atoms with van der Waals surface area (Å²) in [5.41, 5.74) is 1.84. The molecule has 0 saturated heterocycles. The average molecular weight is 512 g/mol. The van der Waals surface area contributed by atoms with Crippen LogP contribution in [0.4, 0.5) is 0 Å². The van der Waals surface area contributed by atoms with E-state index in [2.05, 4.69) is 10.0 Å². The number of carbonyl (C=O) groups excluding carboxylic acids is 3. The highest BCUT2D eigenvalue weighted by molar-refractivity contribution is 7.98. The summed E-state index contributed by atoms with van der Waals surface area (Å²) in [5, 5.41) is 4.13. The second-order valence-corrected chi connectivity index (χ2v) is 10.7. The molecule has 0 radical (unpaired) electrons. The minimum atomic E-state index is -3.67. The molecule has 182 valence electrons. The van der Waals surface area contributed by atoms with E-state index >= 15 is 0 Å². The average Bonchev–Trinajstić information content (AvgIpc) is 2.85. The molecule has 0 bridgehead atoms. The summed E-state index contributed by atoms with van der Waals surface area (Å²) in [7, 11) is -3.67. The number of hydrogen-bond acceptors (Lipinski definition) is 6. The lowest BCUT2D eigenvalue weighted by Crippen LogP contribution is -2.43. The predicted molar refractivity (Wildman–Crippen MR) is 135 cm³/mol. The van der Waals surface area contributed by atoms with Gasteiger partial charge < -0.3 is 5.32 Å². The van der Waals surface area contributed by atoms with Crippen LogP contribution in [0.2, 0.25) is 0 Å². The van der Waals surface area contributed by atoms with Crippen molar-refractivity contribution in [3.8, 4) is 0 Å². The van der Waals surface area contributed by atoms with Crippen molar-refractivity contribution >= 4 is 50.3 Å². The molecule has 10 heteroatoms. The van der Waals surface area contributed by atoms with Crippen LogP contribution >= 0.6 is 11.8 Å². The van der Waals surface area contributed by atoms with Crippen LogP contribution in [0.3, 0.4) is 0 Å². The highest BCUT2D eigenvalue weighted by Crippen LogP contribution is 2.35. The van der Waals surface area contributed by atoms with Gasteiger partial charge in [0.05, 0.1) is 4.90 Å². The molecular weight excluding hydrogens is 486 g/mol. The molecule has 0 saturated carbocycles. The summed E-state index contributed by atoms with van der Waals surface area (Å²) < 4.78 is 27.0. The fraction of sp³-hybridized carbons (Fsp3) is 0.240. The maximum absolute atomic E-state index is 13.0. The highest BCUT2D eigenvalue weighted by Gasteiger charge is 2.33. The van der Waals surface area contributed by atoms with Crippen molar-refractivity contribution in [2.24, 2.45) is 0 Å². The molecule has 0 fully saturated rings. The van der Waals surface area contributed by atoms with E-state index in [1.807, 2.05) is 25.3 Å². The third-order valence-corrected chi connectivity index (χ3v) is 8.08. The van der Waals surface area contributed by atoms with Crippen molar-refractivity contribution in [1.82, 2.24) is 14.9 Å². The summed E-state index contributed by atoms with van der Waals surface area (Å²) >= 11 is 1.55. The number of nitrogens with zero attached hydrogens (tertiary/aromatic N) is 1. The predicted octanol–water partition coefficient (Wildman–Crippen LogP) is 2.95. The molecule has 2 N–H and O–H groups in total. The van der Waals surface area contributed by atoms with Crippen LogP contribution in [0.15, 0.2) is 64.4 Å². The van der Waals surface area contributed by atoms with E-state index in [1.54, 1.807) is 42.1 Å². The van der Waals surface area contributed by atoms with Gasteiger partial charge in [0.25, 0.3) is 11.8 Å². The summed E-state index contributed by atoms with van der Waals surface area (Å²) in [6, 6.07) is 15.4. The summed E-state index contributed by atoms with van der Waals surface area (Å²) in [6.07, 6.45) is 1.85. The number of sulfonamides is 1. The molecule has 1 aliphatic rings. The molecule has 35 heavy (non-hydrogen) atoms. The normalized spacial score (nSPS) is 13.4. The van der Waals surface area contributed by atoms with Gasteiger partial charge in [-0.05, 0) is 48.9 Å². The molecule has 8 nitrogen and oxygen atoms in total. The van der Waals surface area contributed by atoms with Crippen molar-refractivity contribution in [3.05, 3.63) is 71.3 Å². The van der Waals surface area contributed by atoms with Crippen LogP contribution in [-0.4, -0.2) is 56.9 Å². The first kappa shape index (κ1) is 24.9. The molecule has 0 spiro atoms. The van der Waals surface area contributed by atoms with Crippen molar-refractivity contribution in [2.75, 3.05) is 25.9 Å². The number of carbonyl (C=O) groups is 3. The lowest BCUT2D eigenvalue weighted by atomic mass is 9.94. The number of hydrogen-bond donors (Lipinski definition) is 2. The first-order valence-electron chi connectivity index (χ1n) is 11.0. The maximum atomic E-state index is 13.0. The van der Waals surface area contributed by atoms with E-state index in [0.717, 1.165) is 20.7 Å². The minimum absolute atomic E-state index is 0.0106. The smallest absolute Gasteiger partial charge is 0.261 e. The van der Waals surface area contributed by atoms with Crippen LogP contribution in [0.5, 0.6) is 0 Å². The lowest BCUT2D eigenvalue weighted by molar-refractivity contribution is -0.121. The number of rotatable bonds is 9. The number of benzene rings is 3. The first-order valence-corrected chi connectivity index (χ1v) is 13.7. The summed E-state index contributed by atoms with van der Waals surface area (Å²) in [5.74, 6) is -1.24. The molecule has 4 rings (SSSR count). The highest BCUT2D eigenvalue weighted by atomic mass is 32.2. The Morgan fingerprint density at radius 2 is 1.63 bits per heavy atom. The van der Waals surface area contributed by atoms with Crippen LogP contribution in [-0.2, 0) is 14.8 Å². The zero-order valence-electron chi connectivity index (χ0n) is 19.3. The number of thioether (sulfide) groups is 1. The van der Waals surface area contributed by atoms with E-state index in [-0.39, 0.29) is 36.9 Å². The molecule has 3 amide bonds. The molecular formula is C25H25N3O5S2. The second-order valence-electron chi connectivity index (χ2n) is 8.12. The number of amides is 3. The van der Waals surface area contributed by atoms with Crippen LogP contribution in [0.25, 0.3) is 10.8 Å². The monoisotopic (exact) mass is 511 g/mol. The largest absolute Gasteiger partial charge is 0.355 e. The number of imide groups is 1. The van der Waals surface area contributed by atoms with Gasteiger partial charge in [0, 0.05) is 47.5 Å². The quantitative estimate of drug-likeness (QED) is 0.260. The maximum Gasteiger partial charge on any atom is 0.261 e.